The topological polar surface area (TPSA) is 59.6 Å². The minimum absolute atomic E-state index is 0.0231. The molecule has 2 aromatic rings. The lowest BCUT2D eigenvalue weighted by atomic mass is 10.2. The Hall–Kier alpha value is -2.53. The number of anilines is 1. The number of para-hydroxylation sites is 1. The third-order valence-corrected chi connectivity index (χ3v) is 3.55. The van der Waals surface area contributed by atoms with Crippen LogP contribution in [-0.2, 0) is 11.3 Å². The van der Waals surface area contributed by atoms with Crippen LogP contribution in [0.4, 0.5) is 5.69 Å². The van der Waals surface area contributed by atoms with Crippen molar-refractivity contribution in [3.63, 3.8) is 0 Å². The lowest BCUT2D eigenvalue weighted by Gasteiger charge is -2.11. The second-order valence-corrected chi connectivity index (χ2v) is 5.98. The quantitative estimate of drug-likeness (QED) is 0.684. The summed E-state index contributed by atoms with van der Waals surface area (Å²) >= 11 is 0. The summed E-state index contributed by atoms with van der Waals surface area (Å²) in [5.41, 5.74) is 1.84. The van der Waals surface area contributed by atoms with Crippen molar-refractivity contribution in [3.8, 4) is 11.5 Å². The molecule has 0 unspecified atom stereocenters. The zero-order valence-corrected chi connectivity index (χ0v) is 15.0. The standard InChI is InChI=1S/C20H26N2O3/c1-15(2)25-18-10-8-17(9-11-18)22-20(23)12-13-21-14-16-6-4-5-7-19(16)24-3/h4-11,15,21H,12-14H2,1-3H3,(H,22,23). The number of hydrogen-bond acceptors (Lipinski definition) is 4. The molecule has 0 atom stereocenters. The summed E-state index contributed by atoms with van der Waals surface area (Å²) in [7, 11) is 1.66. The van der Waals surface area contributed by atoms with E-state index >= 15 is 0 Å². The maximum absolute atomic E-state index is 12.0. The molecule has 5 nitrogen and oxygen atoms in total. The van der Waals surface area contributed by atoms with E-state index in [1.54, 1.807) is 7.11 Å². The Kier molecular flexibility index (Phi) is 7.29. The molecule has 2 aromatic carbocycles. The van der Waals surface area contributed by atoms with Gasteiger partial charge in [-0.3, -0.25) is 4.79 Å². The molecule has 0 saturated carbocycles. The summed E-state index contributed by atoms with van der Waals surface area (Å²) in [5, 5.41) is 6.15. The highest BCUT2D eigenvalue weighted by Gasteiger charge is 2.05. The van der Waals surface area contributed by atoms with E-state index in [4.69, 9.17) is 9.47 Å². The van der Waals surface area contributed by atoms with Gasteiger partial charge < -0.3 is 20.1 Å². The molecule has 0 aliphatic heterocycles. The summed E-state index contributed by atoms with van der Waals surface area (Å²) < 4.78 is 10.9. The van der Waals surface area contributed by atoms with Crippen LogP contribution in [0.5, 0.6) is 11.5 Å². The highest BCUT2D eigenvalue weighted by Crippen LogP contribution is 2.18. The van der Waals surface area contributed by atoms with Crippen molar-refractivity contribution in [1.82, 2.24) is 5.32 Å². The third kappa shape index (κ3) is 6.47. The molecular formula is C20H26N2O3. The van der Waals surface area contributed by atoms with E-state index in [0.29, 0.717) is 19.5 Å². The van der Waals surface area contributed by atoms with E-state index in [-0.39, 0.29) is 12.0 Å². The number of methoxy groups -OCH3 is 1. The minimum atomic E-state index is -0.0231. The number of benzene rings is 2. The molecule has 0 aromatic heterocycles. The molecule has 0 spiro atoms. The van der Waals surface area contributed by atoms with Crippen molar-refractivity contribution in [2.75, 3.05) is 19.0 Å². The van der Waals surface area contributed by atoms with E-state index < -0.39 is 0 Å². The number of rotatable bonds is 9. The van der Waals surface area contributed by atoms with Crippen LogP contribution in [0, 0.1) is 0 Å². The number of nitrogens with one attached hydrogen (secondary N) is 2. The van der Waals surface area contributed by atoms with Gasteiger partial charge in [0.15, 0.2) is 0 Å². The monoisotopic (exact) mass is 342 g/mol. The molecule has 0 saturated heterocycles. The molecule has 134 valence electrons. The van der Waals surface area contributed by atoms with Gasteiger partial charge in [-0.15, -0.1) is 0 Å². The molecule has 0 radical (unpaired) electrons. The Bertz CT molecular complexity index is 669. The fourth-order valence-corrected chi connectivity index (χ4v) is 2.39. The van der Waals surface area contributed by atoms with Gasteiger partial charge in [-0.05, 0) is 44.2 Å². The van der Waals surface area contributed by atoms with Gasteiger partial charge in [0.1, 0.15) is 11.5 Å². The average Bonchev–Trinajstić information content (AvgIpc) is 2.60. The zero-order valence-electron chi connectivity index (χ0n) is 15.0. The molecule has 5 heteroatoms. The maximum Gasteiger partial charge on any atom is 0.225 e. The highest BCUT2D eigenvalue weighted by atomic mass is 16.5. The van der Waals surface area contributed by atoms with Crippen molar-refractivity contribution in [2.45, 2.75) is 32.9 Å². The largest absolute Gasteiger partial charge is 0.496 e. The van der Waals surface area contributed by atoms with Gasteiger partial charge >= 0.3 is 0 Å². The van der Waals surface area contributed by atoms with Gasteiger partial charge in [-0.1, -0.05) is 18.2 Å². The van der Waals surface area contributed by atoms with Crippen LogP contribution in [0.25, 0.3) is 0 Å². The molecule has 25 heavy (non-hydrogen) atoms. The van der Waals surface area contributed by atoms with E-state index in [9.17, 15) is 4.79 Å². The molecular weight excluding hydrogens is 316 g/mol. The van der Waals surface area contributed by atoms with Crippen molar-refractivity contribution < 1.29 is 14.3 Å². The second-order valence-electron chi connectivity index (χ2n) is 5.98. The Balaban J connectivity index is 1.72. The zero-order chi connectivity index (χ0) is 18.1. The summed E-state index contributed by atoms with van der Waals surface area (Å²) in [6.45, 7) is 5.22. The highest BCUT2D eigenvalue weighted by molar-refractivity contribution is 5.90. The molecule has 1 amide bonds. The predicted octanol–water partition coefficient (Wildman–Crippen LogP) is 3.60. The van der Waals surface area contributed by atoms with E-state index in [1.807, 2.05) is 62.4 Å². The molecule has 0 aliphatic carbocycles. The number of ether oxygens (including phenoxy) is 2. The van der Waals surface area contributed by atoms with Gasteiger partial charge in [0.2, 0.25) is 5.91 Å². The maximum atomic E-state index is 12.0. The lowest BCUT2D eigenvalue weighted by molar-refractivity contribution is -0.116. The number of carbonyl (C=O) groups is 1. The third-order valence-electron chi connectivity index (χ3n) is 3.55. The van der Waals surface area contributed by atoms with Gasteiger partial charge in [-0.2, -0.15) is 0 Å². The number of amides is 1. The van der Waals surface area contributed by atoms with Crippen LogP contribution in [-0.4, -0.2) is 25.7 Å². The first-order valence-electron chi connectivity index (χ1n) is 8.47. The molecule has 2 N–H and O–H groups in total. The first-order chi connectivity index (χ1) is 12.1. The molecule has 0 bridgehead atoms. The van der Waals surface area contributed by atoms with Crippen molar-refractivity contribution in [3.05, 3.63) is 54.1 Å². The summed E-state index contributed by atoms with van der Waals surface area (Å²) in [6.07, 6.45) is 0.536. The number of carbonyl (C=O) groups excluding carboxylic acids is 1. The van der Waals surface area contributed by atoms with Gasteiger partial charge in [-0.25, -0.2) is 0 Å². The molecule has 2 rings (SSSR count). The minimum Gasteiger partial charge on any atom is -0.496 e. The van der Waals surface area contributed by atoms with Gasteiger partial charge in [0.05, 0.1) is 13.2 Å². The Morgan fingerprint density at radius 1 is 1.08 bits per heavy atom. The summed E-state index contributed by atoms with van der Waals surface area (Å²) in [4.78, 5) is 12.0. The molecule has 0 heterocycles. The van der Waals surface area contributed by atoms with Crippen LogP contribution in [0.1, 0.15) is 25.8 Å². The van der Waals surface area contributed by atoms with Gasteiger partial charge in [0.25, 0.3) is 0 Å². The average molecular weight is 342 g/mol. The first-order valence-corrected chi connectivity index (χ1v) is 8.47. The van der Waals surface area contributed by atoms with Gasteiger partial charge in [0, 0.05) is 30.8 Å². The Labute approximate surface area is 149 Å². The summed E-state index contributed by atoms with van der Waals surface area (Å²) in [5.74, 6) is 1.62. The normalized spacial score (nSPS) is 10.6. The first kappa shape index (κ1) is 18.8. The molecule has 0 aliphatic rings. The fraction of sp³-hybridized carbons (Fsp3) is 0.350. The number of hydrogen-bond donors (Lipinski definition) is 2. The van der Waals surface area contributed by atoms with Crippen LogP contribution in [0.15, 0.2) is 48.5 Å². The van der Waals surface area contributed by atoms with E-state index in [1.165, 1.54) is 0 Å². The smallest absolute Gasteiger partial charge is 0.225 e. The van der Waals surface area contributed by atoms with Crippen LogP contribution >= 0.6 is 0 Å². The van der Waals surface area contributed by atoms with Crippen molar-refractivity contribution >= 4 is 11.6 Å². The van der Waals surface area contributed by atoms with Crippen molar-refractivity contribution in [2.24, 2.45) is 0 Å². The SMILES string of the molecule is COc1ccccc1CNCCC(=O)Nc1ccc(OC(C)C)cc1. The Morgan fingerprint density at radius 2 is 1.80 bits per heavy atom. The fourth-order valence-electron chi connectivity index (χ4n) is 2.39. The van der Waals surface area contributed by atoms with Crippen molar-refractivity contribution in [1.29, 1.82) is 0 Å². The molecule has 0 fully saturated rings. The van der Waals surface area contributed by atoms with E-state index in [0.717, 1.165) is 22.7 Å². The van der Waals surface area contributed by atoms with E-state index in [2.05, 4.69) is 10.6 Å². The Morgan fingerprint density at radius 3 is 2.48 bits per heavy atom. The predicted molar refractivity (Wildman–Crippen MR) is 100 cm³/mol. The van der Waals surface area contributed by atoms with Crippen LogP contribution in [0.2, 0.25) is 0 Å². The summed E-state index contributed by atoms with van der Waals surface area (Å²) in [6, 6.07) is 15.2. The van der Waals surface area contributed by atoms with Crippen LogP contribution in [0.3, 0.4) is 0 Å². The second kappa shape index (κ2) is 9.69. The van der Waals surface area contributed by atoms with Crippen LogP contribution < -0.4 is 20.1 Å². The lowest BCUT2D eigenvalue weighted by Crippen LogP contribution is -2.21.